The fourth-order valence-electron chi connectivity index (χ4n) is 4.21. The van der Waals surface area contributed by atoms with Crippen molar-refractivity contribution in [1.29, 1.82) is 0 Å². The van der Waals surface area contributed by atoms with Crippen LogP contribution in [0.2, 0.25) is 15.1 Å². The molecule has 2 aromatic carbocycles. The van der Waals surface area contributed by atoms with Crippen LogP contribution in [0.1, 0.15) is 57.4 Å². The highest BCUT2D eigenvalue weighted by Crippen LogP contribution is 2.25. The van der Waals surface area contributed by atoms with E-state index in [1.165, 1.54) is 0 Å². The van der Waals surface area contributed by atoms with Crippen molar-refractivity contribution in [3.8, 4) is 5.75 Å². The molecular formula is C26H31Cl3N2O3. The van der Waals surface area contributed by atoms with E-state index in [-0.39, 0.29) is 30.8 Å². The lowest BCUT2D eigenvalue weighted by molar-refractivity contribution is -0.141. The Morgan fingerprint density at radius 3 is 2.41 bits per heavy atom. The molecule has 0 unspecified atom stereocenters. The van der Waals surface area contributed by atoms with Crippen LogP contribution in [0.15, 0.2) is 42.5 Å². The maximum Gasteiger partial charge on any atom is 0.243 e. The summed E-state index contributed by atoms with van der Waals surface area (Å²) in [5.74, 6) is 0.506. The van der Waals surface area contributed by atoms with Crippen LogP contribution in [0.25, 0.3) is 0 Å². The predicted octanol–water partition coefficient (Wildman–Crippen LogP) is 6.67. The number of nitrogens with zero attached hydrogens (tertiary/aromatic N) is 1. The predicted molar refractivity (Wildman–Crippen MR) is 138 cm³/mol. The molecule has 184 valence electrons. The van der Waals surface area contributed by atoms with E-state index < -0.39 is 6.04 Å². The molecular weight excluding hydrogens is 495 g/mol. The summed E-state index contributed by atoms with van der Waals surface area (Å²) in [4.78, 5) is 28.1. The number of halogens is 3. The summed E-state index contributed by atoms with van der Waals surface area (Å²) >= 11 is 18.2. The lowest BCUT2D eigenvalue weighted by atomic mass is 10.1. The largest absolute Gasteiger partial charge is 0.494 e. The van der Waals surface area contributed by atoms with Crippen molar-refractivity contribution in [1.82, 2.24) is 10.2 Å². The smallest absolute Gasteiger partial charge is 0.243 e. The number of benzene rings is 2. The summed E-state index contributed by atoms with van der Waals surface area (Å²) in [6.07, 6.45) is 5.55. The first-order chi connectivity index (χ1) is 16.4. The van der Waals surface area contributed by atoms with Crippen LogP contribution in [0.3, 0.4) is 0 Å². The van der Waals surface area contributed by atoms with Gasteiger partial charge in [-0.1, -0.05) is 60.6 Å². The quantitative estimate of drug-likeness (QED) is 0.333. The molecule has 0 saturated heterocycles. The number of hydrogen-bond donors (Lipinski definition) is 1. The molecule has 8 heteroatoms. The van der Waals surface area contributed by atoms with Gasteiger partial charge in [0.2, 0.25) is 11.8 Å². The first-order valence-electron chi connectivity index (χ1n) is 11.8. The van der Waals surface area contributed by atoms with Gasteiger partial charge in [0.1, 0.15) is 11.8 Å². The van der Waals surface area contributed by atoms with E-state index in [4.69, 9.17) is 39.5 Å². The number of hydrogen-bond acceptors (Lipinski definition) is 3. The van der Waals surface area contributed by atoms with Crippen LogP contribution < -0.4 is 10.1 Å². The van der Waals surface area contributed by atoms with E-state index in [9.17, 15) is 9.59 Å². The zero-order valence-electron chi connectivity index (χ0n) is 19.4. The van der Waals surface area contributed by atoms with Crippen LogP contribution in [-0.4, -0.2) is 35.4 Å². The topological polar surface area (TPSA) is 58.6 Å². The van der Waals surface area contributed by atoms with Crippen molar-refractivity contribution in [3.05, 3.63) is 63.1 Å². The van der Waals surface area contributed by atoms with Gasteiger partial charge in [-0.2, -0.15) is 0 Å². The van der Waals surface area contributed by atoms with Crippen molar-refractivity contribution in [2.24, 2.45) is 0 Å². The van der Waals surface area contributed by atoms with Gasteiger partial charge in [-0.15, -0.1) is 0 Å². The number of ether oxygens (including phenoxy) is 1. The van der Waals surface area contributed by atoms with Crippen molar-refractivity contribution >= 4 is 46.6 Å². The van der Waals surface area contributed by atoms with Crippen molar-refractivity contribution in [2.45, 2.75) is 70.5 Å². The van der Waals surface area contributed by atoms with E-state index in [1.54, 1.807) is 41.3 Å². The van der Waals surface area contributed by atoms with E-state index in [2.05, 4.69) is 5.32 Å². The number of amides is 2. The Balaban J connectivity index is 1.66. The lowest BCUT2D eigenvalue weighted by Crippen LogP contribution is -2.50. The molecule has 1 saturated carbocycles. The molecule has 0 aromatic heterocycles. The third-order valence-corrected chi connectivity index (χ3v) is 7.03. The Bertz CT molecular complexity index is 962. The van der Waals surface area contributed by atoms with Gasteiger partial charge in [-0.25, -0.2) is 0 Å². The maximum atomic E-state index is 13.3. The van der Waals surface area contributed by atoms with Crippen LogP contribution >= 0.6 is 34.8 Å². The Kier molecular flexibility index (Phi) is 10.4. The molecule has 0 bridgehead atoms. The highest BCUT2D eigenvalue weighted by Gasteiger charge is 2.30. The Morgan fingerprint density at radius 1 is 1.06 bits per heavy atom. The van der Waals surface area contributed by atoms with Crippen molar-refractivity contribution in [3.63, 3.8) is 0 Å². The highest BCUT2D eigenvalue weighted by atomic mass is 35.5. The van der Waals surface area contributed by atoms with Gasteiger partial charge in [-0.3, -0.25) is 9.59 Å². The number of carbonyl (C=O) groups is 2. The first kappa shape index (κ1) is 26.7. The molecule has 1 fully saturated rings. The van der Waals surface area contributed by atoms with Gasteiger partial charge >= 0.3 is 0 Å². The standard InChI is InChI=1S/C26H31Cl3N2O3/c1-2-24(26(33)30-20-6-3-4-7-20)31(17-18-9-14-22(28)23(29)16-18)25(32)8-5-15-34-21-12-10-19(27)11-13-21/h9-14,16,20,24H,2-8,15,17H2,1H3,(H,30,33)/t24-/m1/s1. The minimum absolute atomic E-state index is 0.0970. The first-order valence-corrected chi connectivity index (χ1v) is 12.9. The molecule has 34 heavy (non-hydrogen) atoms. The van der Waals surface area contributed by atoms with Gasteiger partial charge < -0.3 is 15.0 Å². The zero-order chi connectivity index (χ0) is 24.5. The third-order valence-electron chi connectivity index (χ3n) is 6.04. The molecule has 1 aliphatic carbocycles. The van der Waals surface area contributed by atoms with Gasteiger partial charge in [0.15, 0.2) is 0 Å². The second-order valence-electron chi connectivity index (χ2n) is 8.59. The number of nitrogens with one attached hydrogen (secondary N) is 1. The molecule has 0 heterocycles. The molecule has 0 aliphatic heterocycles. The van der Waals surface area contributed by atoms with Crippen molar-refractivity contribution < 1.29 is 14.3 Å². The van der Waals surface area contributed by atoms with Crippen LogP contribution in [0.4, 0.5) is 0 Å². The highest BCUT2D eigenvalue weighted by molar-refractivity contribution is 6.42. The van der Waals surface area contributed by atoms with Crippen molar-refractivity contribution in [2.75, 3.05) is 6.61 Å². The molecule has 1 atom stereocenters. The minimum atomic E-state index is -0.556. The van der Waals surface area contributed by atoms with Crippen LogP contribution in [-0.2, 0) is 16.1 Å². The molecule has 0 spiro atoms. The van der Waals surface area contributed by atoms with E-state index >= 15 is 0 Å². The molecule has 0 radical (unpaired) electrons. The Labute approximate surface area is 216 Å². The summed E-state index contributed by atoms with van der Waals surface area (Å²) in [7, 11) is 0. The fourth-order valence-corrected chi connectivity index (χ4v) is 4.66. The molecule has 2 amide bonds. The summed E-state index contributed by atoms with van der Waals surface area (Å²) in [6, 6.07) is 12.0. The minimum Gasteiger partial charge on any atom is -0.494 e. The summed E-state index contributed by atoms with van der Waals surface area (Å²) in [5, 5.41) is 4.67. The zero-order valence-corrected chi connectivity index (χ0v) is 21.6. The number of carbonyl (C=O) groups excluding carboxylic acids is 2. The monoisotopic (exact) mass is 524 g/mol. The van der Waals surface area contributed by atoms with E-state index in [0.29, 0.717) is 40.3 Å². The average Bonchev–Trinajstić information content (AvgIpc) is 3.33. The molecule has 1 aliphatic rings. The SMILES string of the molecule is CC[C@H](C(=O)NC1CCCC1)N(Cc1ccc(Cl)c(Cl)c1)C(=O)CCCOc1ccc(Cl)cc1. The van der Waals surface area contributed by atoms with E-state index in [0.717, 1.165) is 31.2 Å². The fraction of sp³-hybridized carbons (Fsp3) is 0.462. The molecule has 1 N–H and O–H groups in total. The molecule has 3 rings (SSSR count). The Hall–Kier alpha value is -1.95. The Morgan fingerprint density at radius 2 is 1.76 bits per heavy atom. The summed E-state index contributed by atoms with van der Waals surface area (Å²) < 4.78 is 5.72. The van der Waals surface area contributed by atoms with Gasteiger partial charge in [0.25, 0.3) is 0 Å². The maximum absolute atomic E-state index is 13.3. The van der Waals surface area contributed by atoms with E-state index in [1.807, 2.05) is 13.0 Å². The summed E-state index contributed by atoms with van der Waals surface area (Å²) in [5.41, 5.74) is 0.826. The van der Waals surface area contributed by atoms with Gasteiger partial charge in [0.05, 0.1) is 16.7 Å². The molecule has 2 aromatic rings. The van der Waals surface area contributed by atoms with Gasteiger partial charge in [0, 0.05) is 24.0 Å². The van der Waals surface area contributed by atoms with Crippen LogP contribution in [0, 0.1) is 0 Å². The second kappa shape index (κ2) is 13.2. The second-order valence-corrected chi connectivity index (χ2v) is 9.84. The molecule has 5 nitrogen and oxygen atoms in total. The van der Waals surface area contributed by atoms with Crippen LogP contribution in [0.5, 0.6) is 5.75 Å². The third kappa shape index (κ3) is 7.79. The van der Waals surface area contributed by atoms with Gasteiger partial charge in [-0.05, 0) is 67.6 Å². The average molecular weight is 526 g/mol. The summed E-state index contributed by atoms with van der Waals surface area (Å²) in [6.45, 7) is 2.60. The normalized spacial score (nSPS) is 14.6. The number of rotatable bonds is 11. The lowest BCUT2D eigenvalue weighted by Gasteiger charge is -2.31.